The van der Waals surface area contributed by atoms with Gasteiger partial charge in [0.1, 0.15) is 12.4 Å². The van der Waals surface area contributed by atoms with Crippen molar-refractivity contribution in [2.24, 2.45) is 0 Å². The molecule has 1 fully saturated rings. The average molecular weight is 389 g/mol. The fourth-order valence-electron chi connectivity index (χ4n) is 3.51. The van der Waals surface area contributed by atoms with Crippen LogP contribution in [0.1, 0.15) is 35.4 Å². The summed E-state index contributed by atoms with van der Waals surface area (Å²) in [6, 6.07) is 5.88. The maximum absolute atomic E-state index is 10.2. The van der Waals surface area contributed by atoms with Gasteiger partial charge in [0, 0.05) is 19.6 Å². The maximum Gasteiger partial charge on any atom is 0.161 e. The van der Waals surface area contributed by atoms with Gasteiger partial charge in [-0.25, -0.2) is 0 Å². The van der Waals surface area contributed by atoms with Crippen LogP contribution in [0, 0.1) is 13.8 Å². The van der Waals surface area contributed by atoms with E-state index in [-0.39, 0.29) is 6.10 Å². The van der Waals surface area contributed by atoms with Gasteiger partial charge in [-0.05, 0) is 57.5 Å². The third-order valence-electron chi connectivity index (χ3n) is 5.16. The van der Waals surface area contributed by atoms with Gasteiger partial charge in [-0.15, -0.1) is 0 Å². The van der Waals surface area contributed by atoms with Crippen LogP contribution in [0.5, 0.6) is 11.5 Å². The molecule has 3 rings (SSSR count). The van der Waals surface area contributed by atoms with E-state index >= 15 is 0 Å². The summed E-state index contributed by atoms with van der Waals surface area (Å²) in [4.78, 5) is 2.32. The van der Waals surface area contributed by atoms with Gasteiger partial charge in [-0.1, -0.05) is 11.2 Å². The SMILES string of the molecule is COc1cc(CNCC(O)CN2CCCC2)ccc1OCc1c(C)noc1C. The van der Waals surface area contributed by atoms with Crippen LogP contribution in [-0.4, -0.2) is 54.6 Å². The maximum atomic E-state index is 10.2. The number of ether oxygens (including phenoxy) is 2. The number of nitrogens with zero attached hydrogens (tertiary/aromatic N) is 2. The van der Waals surface area contributed by atoms with Crippen LogP contribution in [0.4, 0.5) is 0 Å². The summed E-state index contributed by atoms with van der Waals surface area (Å²) >= 11 is 0. The molecule has 0 saturated carbocycles. The lowest BCUT2D eigenvalue weighted by Gasteiger charge is -2.19. The molecule has 7 nitrogen and oxygen atoms in total. The third kappa shape index (κ3) is 5.47. The summed E-state index contributed by atoms with van der Waals surface area (Å²) < 4.78 is 16.6. The van der Waals surface area contributed by atoms with Crippen molar-refractivity contribution >= 4 is 0 Å². The van der Waals surface area contributed by atoms with Crippen LogP contribution in [-0.2, 0) is 13.2 Å². The average Bonchev–Trinajstić information content (AvgIpc) is 3.30. The lowest BCUT2D eigenvalue weighted by Crippen LogP contribution is -2.36. The second-order valence-corrected chi connectivity index (χ2v) is 7.37. The first kappa shape index (κ1) is 20.6. The highest BCUT2D eigenvalue weighted by Crippen LogP contribution is 2.29. The normalized spacial score (nSPS) is 15.7. The van der Waals surface area contributed by atoms with Gasteiger partial charge in [-0.2, -0.15) is 0 Å². The summed E-state index contributed by atoms with van der Waals surface area (Å²) in [5.41, 5.74) is 2.87. The Morgan fingerprint density at radius 3 is 2.71 bits per heavy atom. The van der Waals surface area contributed by atoms with Gasteiger partial charge in [0.15, 0.2) is 11.5 Å². The monoisotopic (exact) mass is 389 g/mol. The molecule has 1 atom stereocenters. The zero-order chi connectivity index (χ0) is 19.9. The highest BCUT2D eigenvalue weighted by Gasteiger charge is 2.16. The number of methoxy groups -OCH3 is 1. The van der Waals surface area contributed by atoms with Gasteiger partial charge < -0.3 is 29.3 Å². The van der Waals surface area contributed by atoms with Gasteiger partial charge >= 0.3 is 0 Å². The van der Waals surface area contributed by atoms with Crippen LogP contribution in [0.15, 0.2) is 22.7 Å². The van der Waals surface area contributed by atoms with E-state index in [4.69, 9.17) is 14.0 Å². The number of benzene rings is 1. The van der Waals surface area contributed by atoms with Crippen LogP contribution < -0.4 is 14.8 Å². The summed E-state index contributed by atoms with van der Waals surface area (Å²) in [6.07, 6.45) is 2.13. The molecule has 1 aliphatic heterocycles. The van der Waals surface area contributed by atoms with Crippen LogP contribution in [0.25, 0.3) is 0 Å². The van der Waals surface area contributed by atoms with E-state index in [1.54, 1.807) is 7.11 Å². The summed E-state index contributed by atoms with van der Waals surface area (Å²) in [5, 5.41) is 17.4. The van der Waals surface area contributed by atoms with Crippen molar-refractivity contribution in [3.63, 3.8) is 0 Å². The van der Waals surface area contributed by atoms with E-state index in [1.807, 2.05) is 32.0 Å². The molecule has 0 aliphatic carbocycles. The number of β-amino-alcohol motifs (C(OH)–C–C–N with tert-alkyl or cyclic N) is 1. The lowest BCUT2D eigenvalue weighted by molar-refractivity contribution is 0.123. The van der Waals surface area contributed by atoms with Crippen LogP contribution in [0.2, 0.25) is 0 Å². The number of hydrogen-bond donors (Lipinski definition) is 2. The van der Waals surface area contributed by atoms with Crippen molar-refractivity contribution in [1.82, 2.24) is 15.4 Å². The fraction of sp³-hybridized carbons (Fsp3) is 0.571. The van der Waals surface area contributed by atoms with E-state index in [1.165, 1.54) is 12.8 Å². The fourth-order valence-corrected chi connectivity index (χ4v) is 3.51. The van der Waals surface area contributed by atoms with Crippen molar-refractivity contribution in [2.45, 2.75) is 45.9 Å². The standard InChI is InChI=1S/C21H31N3O4/c1-15-19(16(2)28-23-15)14-27-20-7-6-17(10-21(20)26-3)11-22-12-18(25)13-24-8-4-5-9-24/h6-7,10,18,22,25H,4-5,8-9,11-14H2,1-3H3. The van der Waals surface area contributed by atoms with Crippen LogP contribution >= 0.6 is 0 Å². The van der Waals surface area contributed by atoms with Gasteiger partial charge in [0.2, 0.25) is 0 Å². The van der Waals surface area contributed by atoms with E-state index in [2.05, 4.69) is 15.4 Å². The van der Waals surface area contributed by atoms with Crippen molar-refractivity contribution < 1.29 is 19.1 Å². The topological polar surface area (TPSA) is 80.0 Å². The molecule has 154 valence electrons. The largest absolute Gasteiger partial charge is 0.493 e. The number of aliphatic hydroxyl groups is 1. The number of aryl methyl sites for hydroxylation is 2. The molecule has 7 heteroatoms. The molecular weight excluding hydrogens is 358 g/mol. The Bertz CT molecular complexity index is 737. The highest BCUT2D eigenvalue weighted by molar-refractivity contribution is 5.43. The molecule has 1 saturated heterocycles. The van der Waals surface area contributed by atoms with Crippen LogP contribution in [0.3, 0.4) is 0 Å². The second kappa shape index (κ2) is 9.91. The van der Waals surface area contributed by atoms with E-state index in [0.29, 0.717) is 31.2 Å². The summed E-state index contributed by atoms with van der Waals surface area (Å²) in [7, 11) is 1.63. The first-order chi connectivity index (χ1) is 13.6. The lowest BCUT2D eigenvalue weighted by atomic mass is 10.2. The van der Waals surface area contributed by atoms with Crippen molar-refractivity contribution in [3.05, 3.63) is 40.8 Å². The molecule has 0 spiro atoms. The van der Waals surface area contributed by atoms with E-state index < -0.39 is 0 Å². The number of nitrogens with one attached hydrogen (secondary N) is 1. The molecule has 0 bridgehead atoms. The Morgan fingerprint density at radius 1 is 1.25 bits per heavy atom. The van der Waals surface area contributed by atoms with E-state index in [9.17, 15) is 5.11 Å². The molecule has 2 aromatic rings. The number of aliphatic hydroxyl groups excluding tert-OH is 1. The minimum Gasteiger partial charge on any atom is -0.493 e. The quantitative estimate of drug-likeness (QED) is 0.646. The summed E-state index contributed by atoms with van der Waals surface area (Å²) in [5.74, 6) is 2.13. The predicted molar refractivity (Wildman–Crippen MR) is 107 cm³/mol. The Labute approximate surface area is 166 Å². The predicted octanol–water partition coefficient (Wildman–Crippen LogP) is 2.43. The smallest absolute Gasteiger partial charge is 0.161 e. The second-order valence-electron chi connectivity index (χ2n) is 7.37. The van der Waals surface area contributed by atoms with Gasteiger partial charge in [-0.3, -0.25) is 0 Å². The Hall–Kier alpha value is -2.09. The molecular formula is C21H31N3O4. The first-order valence-corrected chi connectivity index (χ1v) is 9.89. The zero-order valence-electron chi connectivity index (χ0n) is 17.0. The van der Waals surface area contributed by atoms with E-state index in [0.717, 1.165) is 42.2 Å². The molecule has 0 amide bonds. The molecule has 0 radical (unpaired) electrons. The number of rotatable bonds is 10. The first-order valence-electron chi connectivity index (χ1n) is 9.89. The number of likely N-dealkylation sites (tertiary alicyclic amines) is 1. The molecule has 1 aromatic heterocycles. The zero-order valence-corrected chi connectivity index (χ0v) is 17.0. The van der Waals surface area contributed by atoms with Gasteiger partial charge in [0.05, 0.1) is 24.5 Å². The minimum absolute atomic E-state index is 0.349. The van der Waals surface area contributed by atoms with Crippen molar-refractivity contribution in [1.29, 1.82) is 0 Å². The third-order valence-corrected chi connectivity index (χ3v) is 5.16. The van der Waals surface area contributed by atoms with Crippen molar-refractivity contribution in [2.75, 3.05) is 33.3 Å². The highest BCUT2D eigenvalue weighted by atomic mass is 16.5. The molecule has 1 aliphatic rings. The molecule has 28 heavy (non-hydrogen) atoms. The summed E-state index contributed by atoms with van der Waals surface area (Å²) in [6.45, 7) is 8.35. The Kier molecular flexibility index (Phi) is 7.30. The number of aromatic nitrogens is 1. The van der Waals surface area contributed by atoms with Crippen molar-refractivity contribution in [3.8, 4) is 11.5 Å². The van der Waals surface area contributed by atoms with Gasteiger partial charge in [0.25, 0.3) is 0 Å². The minimum atomic E-state index is -0.349. The number of hydrogen-bond acceptors (Lipinski definition) is 7. The molecule has 2 N–H and O–H groups in total. The molecule has 1 aromatic carbocycles. The Balaban J connectivity index is 1.49. The molecule has 1 unspecified atom stereocenters. The Morgan fingerprint density at radius 2 is 2.04 bits per heavy atom. The molecule has 2 heterocycles.